The highest BCUT2D eigenvalue weighted by molar-refractivity contribution is 7.92. The van der Waals surface area contributed by atoms with Crippen molar-refractivity contribution in [2.24, 2.45) is 5.10 Å². The Kier molecular flexibility index (Phi) is 8.28. The minimum Gasteiger partial charge on any atom is -0.267 e. The molecule has 0 aromatic heterocycles. The SMILES string of the molecule is Cc1ccc(S(=O)(=O)N(Cc2ccc(Cl)cc2)c2ccccc2C(=O)N/N=C/c2ccc(Cl)cc2)cc1. The van der Waals surface area contributed by atoms with E-state index in [2.05, 4.69) is 10.5 Å². The first-order valence-electron chi connectivity index (χ1n) is 11.3. The fourth-order valence-electron chi connectivity index (χ4n) is 3.55. The lowest BCUT2D eigenvalue weighted by Gasteiger charge is -2.26. The van der Waals surface area contributed by atoms with E-state index in [1.165, 1.54) is 10.5 Å². The van der Waals surface area contributed by atoms with Crippen LogP contribution in [0.4, 0.5) is 5.69 Å². The number of benzene rings is 4. The van der Waals surface area contributed by atoms with Gasteiger partial charge in [0.2, 0.25) is 0 Å². The van der Waals surface area contributed by atoms with Crippen LogP contribution in [0.1, 0.15) is 27.0 Å². The molecule has 0 bridgehead atoms. The molecule has 4 rings (SSSR count). The highest BCUT2D eigenvalue weighted by Gasteiger charge is 2.28. The molecule has 0 heterocycles. The van der Waals surface area contributed by atoms with Crippen LogP contribution in [-0.4, -0.2) is 20.5 Å². The molecule has 9 heteroatoms. The Hall–Kier alpha value is -3.65. The zero-order chi connectivity index (χ0) is 26.4. The average Bonchev–Trinajstić information content (AvgIpc) is 2.89. The van der Waals surface area contributed by atoms with Crippen molar-refractivity contribution in [1.82, 2.24) is 5.43 Å². The number of rotatable bonds is 8. The molecular weight excluding hydrogens is 529 g/mol. The average molecular weight is 552 g/mol. The number of nitrogens with one attached hydrogen (secondary N) is 1. The summed E-state index contributed by atoms with van der Waals surface area (Å²) < 4.78 is 28.9. The van der Waals surface area contributed by atoms with Crippen LogP contribution in [0.2, 0.25) is 10.0 Å². The number of hydrogen-bond donors (Lipinski definition) is 1. The minimum atomic E-state index is -4.03. The molecule has 188 valence electrons. The first kappa shape index (κ1) is 26.4. The van der Waals surface area contributed by atoms with E-state index >= 15 is 0 Å². The molecule has 4 aromatic rings. The van der Waals surface area contributed by atoms with Gasteiger partial charge >= 0.3 is 0 Å². The molecule has 0 saturated carbocycles. The number of aryl methyl sites for hydroxylation is 1. The van der Waals surface area contributed by atoms with Gasteiger partial charge in [0.25, 0.3) is 15.9 Å². The van der Waals surface area contributed by atoms with E-state index < -0.39 is 15.9 Å². The maximum absolute atomic E-state index is 13.8. The Bertz CT molecular complexity index is 1520. The molecule has 0 spiro atoms. The summed E-state index contributed by atoms with van der Waals surface area (Å²) >= 11 is 11.9. The monoisotopic (exact) mass is 551 g/mol. The summed E-state index contributed by atoms with van der Waals surface area (Å²) in [7, 11) is -4.03. The van der Waals surface area contributed by atoms with Crippen LogP contribution < -0.4 is 9.73 Å². The molecular formula is C28H23Cl2N3O3S. The summed E-state index contributed by atoms with van der Waals surface area (Å²) in [5, 5.41) is 5.15. The van der Waals surface area contributed by atoms with E-state index in [0.29, 0.717) is 15.6 Å². The van der Waals surface area contributed by atoms with Gasteiger partial charge in [-0.1, -0.05) is 77.3 Å². The van der Waals surface area contributed by atoms with E-state index in [-0.39, 0.29) is 22.7 Å². The number of halogens is 2. The minimum absolute atomic E-state index is 0.00822. The molecule has 0 unspecified atom stereocenters. The van der Waals surface area contributed by atoms with Gasteiger partial charge in [0.15, 0.2) is 0 Å². The van der Waals surface area contributed by atoms with E-state index in [1.54, 1.807) is 97.1 Å². The number of anilines is 1. The normalized spacial score (nSPS) is 11.4. The Balaban J connectivity index is 1.70. The Morgan fingerprint density at radius 1 is 0.865 bits per heavy atom. The van der Waals surface area contributed by atoms with E-state index in [0.717, 1.165) is 11.1 Å². The second-order valence-electron chi connectivity index (χ2n) is 8.22. The van der Waals surface area contributed by atoms with Gasteiger partial charge in [0.05, 0.1) is 28.9 Å². The van der Waals surface area contributed by atoms with E-state index in [9.17, 15) is 13.2 Å². The Morgan fingerprint density at radius 3 is 2.11 bits per heavy atom. The molecule has 37 heavy (non-hydrogen) atoms. The summed E-state index contributed by atoms with van der Waals surface area (Å²) in [5.74, 6) is -0.555. The van der Waals surface area contributed by atoms with Crippen LogP contribution >= 0.6 is 23.2 Å². The molecule has 0 aliphatic carbocycles. The molecule has 4 aromatic carbocycles. The Labute approximate surface area is 226 Å². The van der Waals surface area contributed by atoms with Gasteiger partial charge in [-0.15, -0.1) is 0 Å². The van der Waals surface area contributed by atoms with Gasteiger partial charge in [0, 0.05) is 10.0 Å². The molecule has 0 saturated heterocycles. The topological polar surface area (TPSA) is 78.8 Å². The fourth-order valence-corrected chi connectivity index (χ4v) is 5.27. The van der Waals surface area contributed by atoms with Crippen molar-refractivity contribution < 1.29 is 13.2 Å². The van der Waals surface area contributed by atoms with Gasteiger partial charge in [-0.05, 0) is 66.6 Å². The van der Waals surface area contributed by atoms with Gasteiger partial charge in [-0.2, -0.15) is 5.10 Å². The lowest BCUT2D eigenvalue weighted by Crippen LogP contribution is -2.33. The number of hydrazone groups is 1. The predicted molar refractivity (Wildman–Crippen MR) is 149 cm³/mol. The van der Waals surface area contributed by atoms with Crippen molar-refractivity contribution in [3.05, 3.63) is 129 Å². The summed E-state index contributed by atoms with van der Waals surface area (Å²) in [6, 6.07) is 26.9. The molecule has 0 radical (unpaired) electrons. The summed E-state index contributed by atoms with van der Waals surface area (Å²) in [4.78, 5) is 13.2. The van der Waals surface area contributed by atoms with Crippen molar-refractivity contribution in [1.29, 1.82) is 0 Å². The molecule has 0 aliphatic heterocycles. The van der Waals surface area contributed by atoms with Crippen molar-refractivity contribution >= 4 is 51.0 Å². The van der Waals surface area contributed by atoms with E-state index in [4.69, 9.17) is 23.2 Å². The number of amides is 1. The highest BCUT2D eigenvalue weighted by atomic mass is 35.5. The summed E-state index contributed by atoms with van der Waals surface area (Å²) in [6.07, 6.45) is 1.48. The molecule has 1 amide bonds. The maximum Gasteiger partial charge on any atom is 0.273 e. The lowest BCUT2D eigenvalue weighted by molar-refractivity contribution is 0.0955. The van der Waals surface area contributed by atoms with Crippen molar-refractivity contribution in [3.8, 4) is 0 Å². The molecule has 0 atom stereocenters. The third-order valence-electron chi connectivity index (χ3n) is 5.52. The Morgan fingerprint density at radius 2 is 1.46 bits per heavy atom. The first-order chi connectivity index (χ1) is 17.7. The van der Waals surface area contributed by atoms with Crippen molar-refractivity contribution in [2.75, 3.05) is 4.31 Å². The number of carbonyl (C=O) groups is 1. The largest absolute Gasteiger partial charge is 0.273 e. The molecule has 0 fully saturated rings. The zero-order valence-corrected chi connectivity index (χ0v) is 22.1. The third kappa shape index (κ3) is 6.57. The zero-order valence-electron chi connectivity index (χ0n) is 19.8. The maximum atomic E-state index is 13.8. The van der Waals surface area contributed by atoms with Crippen molar-refractivity contribution in [2.45, 2.75) is 18.4 Å². The third-order valence-corrected chi connectivity index (χ3v) is 7.79. The quantitative estimate of drug-likeness (QED) is 0.201. The van der Waals surface area contributed by atoms with Gasteiger partial charge in [0.1, 0.15) is 0 Å². The van der Waals surface area contributed by atoms with Crippen LogP contribution in [0.3, 0.4) is 0 Å². The number of carbonyl (C=O) groups excluding carboxylic acids is 1. The molecule has 1 N–H and O–H groups in total. The second-order valence-corrected chi connectivity index (χ2v) is 11.0. The highest BCUT2D eigenvalue weighted by Crippen LogP contribution is 2.30. The van der Waals surface area contributed by atoms with E-state index in [1.807, 2.05) is 6.92 Å². The van der Waals surface area contributed by atoms with Crippen LogP contribution in [-0.2, 0) is 16.6 Å². The van der Waals surface area contributed by atoms with Gasteiger partial charge in [-0.3, -0.25) is 9.10 Å². The van der Waals surface area contributed by atoms with Crippen LogP contribution in [0.25, 0.3) is 0 Å². The second kappa shape index (κ2) is 11.6. The molecule has 0 aliphatic rings. The number of sulfonamides is 1. The fraction of sp³-hybridized carbons (Fsp3) is 0.0714. The number of nitrogens with zero attached hydrogens (tertiary/aromatic N) is 2. The summed E-state index contributed by atoms with van der Waals surface area (Å²) in [5.41, 5.74) is 5.24. The first-order valence-corrected chi connectivity index (χ1v) is 13.5. The number of para-hydroxylation sites is 1. The lowest BCUT2D eigenvalue weighted by atomic mass is 10.1. The van der Waals surface area contributed by atoms with Crippen LogP contribution in [0, 0.1) is 6.92 Å². The number of hydrogen-bond acceptors (Lipinski definition) is 4. The van der Waals surface area contributed by atoms with Crippen LogP contribution in [0.5, 0.6) is 0 Å². The smallest absolute Gasteiger partial charge is 0.267 e. The molecule has 6 nitrogen and oxygen atoms in total. The van der Waals surface area contributed by atoms with Gasteiger partial charge < -0.3 is 0 Å². The van der Waals surface area contributed by atoms with Crippen LogP contribution in [0.15, 0.2) is 107 Å². The predicted octanol–water partition coefficient (Wildman–Crippen LogP) is 6.46. The van der Waals surface area contributed by atoms with Crippen molar-refractivity contribution in [3.63, 3.8) is 0 Å². The summed E-state index contributed by atoms with van der Waals surface area (Å²) in [6.45, 7) is 1.87. The van der Waals surface area contributed by atoms with Gasteiger partial charge in [-0.25, -0.2) is 13.8 Å². The standard InChI is InChI=1S/C28H23Cl2N3O3S/c1-20-6-16-25(17-7-20)37(35,36)33(19-22-10-14-24(30)15-11-22)27-5-3-2-4-26(27)28(34)32-31-18-21-8-12-23(29)13-9-21/h2-18H,19H2,1H3,(H,32,34)/b31-18+.